The molecular formula is C15H13BrF3N. The Labute approximate surface area is 123 Å². The molecule has 2 aromatic carbocycles. The fourth-order valence-corrected chi connectivity index (χ4v) is 2.68. The Kier molecular flexibility index (Phi) is 4.50. The van der Waals surface area contributed by atoms with Gasteiger partial charge in [0.1, 0.15) is 5.82 Å². The third-order valence-corrected chi connectivity index (χ3v) is 3.93. The van der Waals surface area contributed by atoms with Gasteiger partial charge < -0.3 is 5.32 Å². The van der Waals surface area contributed by atoms with Crippen molar-refractivity contribution in [3.63, 3.8) is 0 Å². The zero-order chi connectivity index (χ0) is 14.9. The van der Waals surface area contributed by atoms with Gasteiger partial charge in [0.2, 0.25) is 0 Å². The molecule has 0 aliphatic carbocycles. The summed E-state index contributed by atoms with van der Waals surface area (Å²) in [6.07, 6.45) is 0. The first-order chi connectivity index (χ1) is 9.45. The number of rotatable bonds is 3. The second-order valence-corrected chi connectivity index (χ2v) is 5.30. The molecule has 1 atom stereocenters. The van der Waals surface area contributed by atoms with Crippen molar-refractivity contribution in [3.8, 4) is 0 Å². The number of hydrogen-bond acceptors (Lipinski definition) is 1. The maximum Gasteiger partial charge on any atom is 0.173 e. The molecule has 1 unspecified atom stereocenters. The number of halogens is 4. The van der Waals surface area contributed by atoms with Gasteiger partial charge in [-0.1, -0.05) is 23.8 Å². The van der Waals surface area contributed by atoms with Crippen molar-refractivity contribution in [3.05, 3.63) is 68.9 Å². The molecule has 0 aromatic heterocycles. The molecule has 20 heavy (non-hydrogen) atoms. The van der Waals surface area contributed by atoms with Crippen LogP contribution < -0.4 is 5.32 Å². The predicted molar refractivity (Wildman–Crippen MR) is 76.1 cm³/mol. The molecule has 0 saturated heterocycles. The Balaban J connectivity index is 2.58. The lowest BCUT2D eigenvalue weighted by Gasteiger charge is -2.20. The molecule has 0 radical (unpaired) electrons. The summed E-state index contributed by atoms with van der Waals surface area (Å²) in [5.74, 6) is -2.32. The number of hydrogen-bond donors (Lipinski definition) is 1. The van der Waals surface area contributed by atoms with Crippen LogP contribution in [0.4, 0.5) is 13.2 Å². The van der Waals surface area contributed by atoms with Gasteiger partial charge in [-0.05, 0) is 47.6 Å². The largest absolute Gasteiger partial charge is 0.309 e. The lowest BCUT2D eigenvalue weighted by Crippen LogP contribution is -2.20. The van der Waals surface area contributed by atoms with E-state index in [1.165, 1.54) is 12.1 Å². The normalized spacial score (nSPS) is 12.5. The van der Waals surface area contributed by atoms with Crippen molar-refractivity contribution >= 4 is 15.9 Å². The van der Waals surface area contributed by atoms with Gasteiger partial charge in [0.05, 0.1) is 10.5 Å². The smallest absolute Gasteiger partial charge is 0.173 e. The summed E-state index contributed by atoms with van der Waals surface area (Å²) >= 11 is 3.04. The standard InChI is InChI=1S/C15H13BrF3N/c1-8-3-5-11(17)10(7-8)15(20-2)9-4-6-12(18)14(19)13(9)16/h3-7,15,20H,1-2H3. The van der Waals surface area contributed by atoms with E-state index >= 15 is 0 Å². The SMILES string of the molecule is CNC(c1cc(C)ccc1F)c1ccc(F)c(F)c1Br. The van der Waals surface area contributed by atoms with Gasteiger partial charge >= 0.3 is 0 Å². The first kappa shape index (κ1) is 15.1. The van der Waals surface area contributed by atoms with Crippen LogP contribution in [-0.2, 0) is 0 Å². The van der Waals surface area contributed by atoms with E-state index in [2.05, 4.69) is 21.2 Å². The van der Waals surface area contributed by atoms with Crippen molar-refractivity contribution in [2.45, 2.75) is 13.0 Å². The molecule has 1 nitrogen and oxygen atoms in total. The molecule has 2 aromatic rings. The fourth-order valence-electron chi connectivity index (χ4n) is 2.13. The summed E-state index contributed by atoms with van der Waals surface area (Å²) in [7, 11) is 1.64. The second kappa shape index (κ2) is 5.97. The zero-order valence-corrected chi connectivity index (χ0v) is 12.6. The van der Waals surface area contributed by atoms with Crippen LogP contribution in [-0.4, -0.2) is 7.05 Å². The second-order valence-electron chi connectivity index (χ2n) is 4.51. The summed E-state index contributed by atoms with van der Waals surface area (Å²) < 4.78 is 40.8. The highest BCUT2D eigenvalue weighted by Crippen LogP contribution is 2.32. The fraction of sp³-hybridized carbons (Fsp3) is 0.200. The maximum absolute atomic E-state index is 14.0. The van der Waals surface area contributed by atoms with Crippen molar-refractivity contribution < 1.29 is 13.2 Å². The summed E-state index contributed by atoms with van der Waals surface area (Å²) in [5, 5.41) is 2.93. The topological polar surface area (TPSA) is 12.0 Å². The van der Waals surface area contributed by atoms with Crippen LogP contribution in [0.25, 0.3) is 0 Å². The van der Waals surface area contributed by atoms with E-state index in [4.69, 9.17) is 0 Å². The number of benzene rings is 2. The number of aryl methyl sites for hydroxylation is 1. The van der Waals surface area contributed by atoms with E-state index in [0.717, 1.165) is 11.6 Å². The van der Waals surface area contributed by atoms with E-state index in [0.29, 0.717) is 11.1 Å². The highest BCUT2D eigenvalue weighted by molar-refractivity contribution is 9.10. The molecule has 0 aliphatic heterocycles. The molecule has 106 valence electrons. The van der Waals surface area contributed by atoms with E-state index in [1.54, 1.807) is 19.2 Å². The van der Waals surface area contributed by atoms with Crippen molar-refractivity contribution in [1.82, 2.24) is 5.32 Å². The minimum atomic E-state index is -0.976. The van der Waals surface area contributed by atoms with Crippen LogP contribution in [0.1, 0.15) is 22.7 Å². The molecule has 2 rings (SSSR count). The van der Waals surface area contributed by atoms with E-state index in [-0.39, 0.29) is 4.47 Å². The van der Waals surface area contributed by atoms with Crippen LogP contribution in [0, 0.1) is 24.4 Å². The van der Waals surface area contributed by atoms with E-state index in [9.17, 15) is 13.2 Å². The first-order valence-electron chi connectivity index (χ1n) is 6.02. The van der Waals surface area contributed by atoms with Crippen LogP contribution >= 0.6 is 15.9 Å². The highest BCUT2D eigenvalue weighted by atomic mass is 79.9. The molecule has 1 N–H and O–H groups in total. The Bertz CT molecular complexity index is 643. The average Bonchev–Trinajstić information content (AvgIpc) is 2.43. The van der Waals surface area contributed by atoms with Gasteiger partial charge in [0.25, 0.3) is 0 Å². The molecule has 0 heterocycles. The van der Waals surface area contributed by atoms with Crippen molar-refractivity contribution in [2.75, 3.05) is 7.05 Å². The third kappa shape index (κ3) is 2.74. The molecule has 0 bridgehead atoms. The molecule has 0 saturated carbocycles. The van der Waals surface area contributed by atoms with E-state index < -0.39 is 23.5 Å². The average molecular weight is 344 g/mol. The Morgan fingerprint density at radius 1 is 1.00 bits per heavy atom. The quantitative estimate of drug-likeness (QED) is 0.810. The lowest BCUT2D eigenvalue weighted by atomic mass is 9.96. The molecule has 5 heteroatoms. The summed E-state index contributed by atoms with van der Waals surface area (Å²) in [6.45, 7) is 1.84. The van der Waals surface area contributed by atoms with Gasteiger partial charge in [-0.3, -0.25) is 0 Å². The molecule has 0 spiro atoms. The molecule has 0 fully saturated rings. The highest BCUT2D eigenvalue weighted by Gasteiger charge is 2.21. The van der Waals surface area contributed by atoms with Crippen molar-refractivity contribution in [1.29, 1.82) is 0 Å². The van der Waals surface area contributed by atoms with Crippen LogP contribution in [0.15, 0.2) is 34.8 Å². The number of nitrogens with one attached hydrogen (secondary N) is 1. The first-order valence-corrected chi connectivity index (χ1v) is 6.81. The van der Waals surface area contributed by atoms with Gasteiger partial charge in [0.15, 0.2) is 11.6 Å². The van der Waals surface area contributed by atoms with Crippen molar-refractivity contribution in [2.24, 2.45) is 0 Å². The van der Waals surface area contributed by atoms with Gasteiger partial charge in [0, 0.05) is 5.56 Å². The zero-order valence-electron chi connectivity index (χ0n) is 11.0. The molecule has 0 amide bonds. The van der Waals surface area contributed by atoms with E-state index in [1.807, 2.05) is 6.92 Å². The minimum Gasteiger partial charge on any atom is -0.309 e. The molecular weight excluding hydrogens is 331 g/mol. The third-order valence-electron chi connectivity index (χ3n) is 3.13. The van der Waals surface area contributed by atoms with Gasteiger partial charge in [-0.15, -0.1) is 0 Å². The lowest BCUT2D eigenvalue weighted by molar-refractivity contribution is 0.498. The van der Waals surface area contributed by atoms with Gasteiger partial charge in [-0.2, -0.15) is 0 Å². The Hall–Kier alpha value is -1.33. The van der Waals surface area contributed by atoms with Crippen LogP contribution in [0.3, 0.4) is 0 Å². The Morgan fingerprint density at radius 3 is 2.30 bits per heavy atom. The van der Waals surface area contributed by atoms with Crippen LogP contribution in [0.2, 0.25) is 0 Å². The summed E-state index contributed by atoms with van der Waals surface area (Å²) in [6, 6.07) is 6.61. The minimum absolute atomic E-state index is 0.00208. The predicted octanol–water partition coefficient (Wildman–Crippen LogP) is 4.48. The maximum atomic E-state index is 14.0. The monoisotopic (exact) mass is 343 g/mol. The van der Waals surface area contributed by atoms with Crippen LogP contribution in [0.5, 0.6) is 0 Å². The van der Waals surface area contributed by atoms with Gasteiger partial charge in [-0.25, -0.2) is 13.2 Å². The summed E-state index contributed by atoms with van der Waals surface area (Å²) in [5.41, 5.74) is 1.72. The summed E-state index contributed by atoms with van der Waals surface area (Å²) in [4.78, 5) is 0. The Morgan fingerprint density at radius 2 is 1.65 bits per heavy atom. The molecule has 0 aliphatic rings.